The number of nitrogens with one attached hydrogen (secondary N) is 1. The van der Waals surface area contributed by atoms with Crippen LogP contribution in [-0.4, -0.2) is 46.5 Å². The fraction of sp³-hybridized carbons (Fsp3) is 0.526. The zero-order valence-electron chi connectivity index (χ0n) is 15.0. The quantitative estimate of drug-likeness (QED) is 0.772. The van der Waals surface area contributed by atoms with E-state index in [1.165, 1.54) is 0 Å². The molecule has 8 heteroatoms. The molecular weight excluding hydrogens is 372 g/mol. The lowest BCUT2D eigenvalue weighted by molar-refractivity contribution is -0.137. The normalized spacial score (nSPS) is 21.8. The number of carbonyl (C=O) groups excluding carboxylic acids is 2. The standard InChI is InChI=1S/C19H23ClN2O5/c20-14-1-2-15-13(11-14)12-22(9-10-27-15)17(24)4-7-19(8-5-18(25)26)6-3-16(23)21-19/h1-2,11H,3-10,12H2,(H,21,23)(H,25,26)/t19-/m0/s1. The second-order valence-corrected chi connectivity index (χ2v) is 7.57. The summed E-state index contributed by atoms with van der Waals surface area (Å²) in [5.74, 6) is -0.294. The lowest BCUT2D eigenvalue weighted by atomic mass is 9.86. The van der Waals surface area contributed by atoms with Crippen molar-refractivity contribution in [2.45, 2.75) is 50.6 Å². The minimum Gasteiger partial charge on any atom is -0.491 e. The Balaban J connectivity index is 1.63. The third kappa shape index (κ3) is 4.91. The van der Waals surface area contributed by atoms with Crippen LogP contribution in [0.1, 0.15) is 44.1 Å². The molecule has 0 radical (unpaired) electrons. The van der Waals surface area contributed by atoms with Crippen molar-refractivity contribution in [2.24, 2.45) is 0 Å². The number of amides is 2. The van der Waals surface area contributed by atoms with Gasteiger partial charge in [0.1, 0.15) is 12.4 Å². The van der Waals surface area contributed by atoms with E-state index in [1.807, 2.05) is 0 Å². The topological polar surface area (TPSA) is 95.9 Å². The zero-order chi connectivity index (χ0) is 19.4. The average molecular weight is 395 g/mol. The van der Waals surface area contributed by atoms with E-state index >= 15 is 0 Å². The number of nitrogens with zero attached hydrogens (tertiary/aromatic N) is 1. The van der Waals surface area contributed by atoms with Gasteiger partial charge in [0.05, 0.1) is 6.54 Å². The summed E-state index contributed by atoms with van der Waals surface area (Å²) in [4.78, 5) is 37.1. The van der Waals surface area contributed by atoms with Gasteiger partial charge in [-0.05, 0) is 37.5 Å². The molecule has 0 unspecified atom stereocenters. The number of carboxylic acid groups (broad SMARTS) is 1. The van der Waals surface area contributed by atoms with Crippen molar-refractivity contribution in [3.63, 3.8) is 0 Å². The Kier molecular flexibility index (Phi) is 5.89. The molecule has 1 aromatic carbocycles. The third-order valence-corrected chi connectivity index (χ3v) is 5.46. The number of carboxylic acids is 1. The van der Waals surface area contributed by atoms with Crippen molar-refractivity contribution >= 4 is 29.4 Å². The second kappa shape index (κ2) is 8.17. The maximum atomic E-state index is 12.8. The Bertz CT molecular complexity index is 754. The first-order valence-electron chi connectivity index (χ1n) is 9.09. The smallest absolute Gasteiger partial charge is 0.303 e. The van der Waals surface area contributed by atoms with Crippen molar-refractivity contribution in [2.75, 3.05) is 13.2 Å². The van der Waals surface area contributed by atoms with Gasteiger partial charge in [0.15, 0.2) is 0 Å². The summed E-state index contributed by atoms with van der Waals surface area (Å²) < 4.78 is 5.69. The number of aliphatic carboxylic acids is 1. The van der Waals surface area contributed by atoms with Crippen molar-refractivity contribution in [3.8, 4) is 5.75 Å². The number of hydrogen-bond acceptors (Lipinski definition) is 4. The van der Waals surface area contributed by atoms with Crippen LogP contribution in [-0.2, 0) is 20.9 Å². The van der Waals surface area contributed by atoms with E-state index in [4.69, 9.17) is 21.4 Å². The molecule has 0 spiro atoms. The number of rotatable bonds is 6. The van der Waals surface area contributed by atoms with E-state index in [0.717, 1.165) is 11.3 Å². The van der Waals surface area contributed by atoms with Gasteiger partial charge in [-0.25, -0.2) is 0 Å². The van der Waals surface area contributed by atoms with E-state index < -0.39 is 11.5 Å². The lowest BCUT2D eigenvalue weighted by Gasteiger charge is -2.30. The highest BCUT2D eigenvalue weighted by atomic mass is 35.5. The molecule has 0 saturated carbocycles. The Labute approximate surface area is 162 Å². The van der Waals surface area contributed by atoms with Crippen LogP contribution in [0.15, 0.2) is 18.2 Å². The summed E-state index contributed by atoms with van der Waals surface area (Å²) in [6.07, 6.45) is 1.92. The molecule has 0 aromatic heterocycles. The van der Waals surface area contributed by atoms with Gasteiger partial charge < -0.3 is 20.1 Å². The molecule has 2 amide bonds. The molecule has 0 bridgehead atoms. The molecule has 0 aliphatic carbocycles. The summed E-state index contributed by atoms with van der Waals surface area (Å²) in [5.41, 5.74) is 0.262. The van der Waals surface area contributed by atoms with Gasteiger partial charge in [0, 0.05) is 41.9 Å². The van der Waals surface area contributed by atoms with Gasteiger partial charge >= 0.3 is 5.97 Å². The zero-order valence-corrected chi connectivity index (χ0v) is 15.8. The number of ether oxygens (including phenoxy) is 1. The second-order valence-electron chi connectivity index (χ2n) is 7.14. The summed E-state index contributed by atoms with van der Waals surface area (Å²) in [6, 6.07) is 5.36. The molecule has 146 valence electrons. The monoisotopic (exact) mass is 394 g/mol. The van der Waals surface area contributed by atoms with Crippen molar-refractivity contribution in [1.82, 2.24) is 10.2 Å². The Morgan fingerprint density at radius 2 is 2.07 bits per heavy atom. The average Bonchev–Trinajstić information content (AvgIpc) is 2.86. The Morgan fingerprint density at radius 1 is 1.30 bits per heavy atom. The fourth-order valence-corrected chi connectivity index (χ4v) is 3.89. The number of fused-ring (bicyclic) bond motifs is 1. The first-order valence-corrected chi connectivity index (χ1v) is 9.46. The molecule has 1 aromatic rings. The molecule has 27 heavy (non-hydrogen) atoms. The van der Waals surface area contributed by atoms with Gasteiger partial charge in [-0.2, -0.15) is 0 Å². The van der Waals surface area contributed by atoms with Crippen LogP contribution in [0.3, 0.4) is 0 Å². The fourth-order valence-electron chi connectivity index (χ4n) is 3.70. The molecule has 2 heterocycles. The Hall–Kier alpha value is -2.28. The number of carbonyl (C=O) groups is 3. The first kappa shape index (κ1) is 19.5. The summed E-state index contributed by atoms with van der Waals surface area (Å²) in [5, 5.41) is 12.5. The van der Waals surface area contributed by atoms with Crippen LogP contribution >= 0.6 is 11.6 Å². The van der Waals surface area contributed by atoms with E-state index in [1.54, 1.807) is 23.1 Å². The highest BCUT2D eigenvalue weighted by Gasteiger charge is 2.38. The maximum Gasteiger partial charge on any atom is 0.303 e. The van der Waals surface area contributed by atoms with Gasteiger partial charge in [0.2, 0.25) is 11.8 Å². The maximum absolute atomic E-state index is 12.8. The minimum absolute atomic E-state index is 0.0299. The molecule has 7 nitrogen and oxygen atoms in total. The van der Waals surface area contributed by atoms with Crippen molar-refractivity contribution in [1.29, 1.82) is 0 Å². The van der Waals surface area contributed by atoms with Crippen LogP contribution in [0.2, 0.25) is 5.02 Å². The highest BCUT2D eigenvalue weighted by molar-refractivity contribution is 6.30. The van der Waals surface area contributed by atoms with Crippen LogP contribution in [0.5, 0.6) is 5.75 Å². The predicted octanol–water partition coefficient (Wildman–Crippen LogP) is 2.35. The van der Waals surface area contributed by atoms with Crippen molar-refractivity contribution in [3.05, 3.63) is 28.8 Å². The number of hydrogen-bond donors (Lipinski definition) is 2. The van der Waals surface area contributed by atoms with Crippen LogP contribution < -0.4 is 10.1 Å². The molecule has 3 rings (SSSR count). The summed E-state index contributed by atoms with van der Waals surface area (Å²) in [6.45, 7) is 1.30. The van der Waals surface area contributed by atoms with Crippen LogP contribution in [0.25, 0.3) is 0 Å². The van der Waals surface area contributed by atoms with E-state index in [2.05, 4.69) is 5.32 Å². The van der Waals surface area contributed by atoms with E-state index in [-0.39, 0.29) is 24.7 Å². The SMILES string of the molecule is O=C(O)CC[C@@]1(CCC(=O)N2CCOc3ccc(Cl)cc3C2)CCC(=O)N1. The molecule has 2 aliphatic heterocycles. The van der Waals surface area contributed by atoms with Gasteiger partial charge in [-0.3, -0.25) is 14.4 Å². The van der Waals surface area contributed by atoms with Gasteiger partial charge in [0.25, 0.3) is 0 Å². The lowest BCUT2D eigenvalue weighted by Crippen LogP contribution is -2.43. The van der Waals surface area contributed by atoms with E-state index in [0.29, 0.717) is 50.4 Å². The molecule has 1 atom stereocenters. The van der Waals surface area contributed by atoms with Crippen molar-refractivity contribution < 1.29 is 24.2 Å². The molecule has 2 aliphatic rings. The van der Waals surface area contributed by atoms with E-state index in [9.17, 15) is 14.4 Å². The predicted molar refractivity (Wildman–Crippen MR) is 98.6 cm³/mol. The van der Waals surface area contributed by atoms with Crippen LogP contribution in [0, 0.1) is 0 Å². The van der Waals surface area contributed by atoms with Crippen LogP contribution in [0.4, 0.5) is 0 Å². The summed E-state index contributed by atoms with van der Waals surface area (Å²) in [7, 11) is 0. The molecule has 1 fully saturated rings. The molecular formula is C19H23ClN2O5. The highest BCUT2D eigenvalue weighted by Crippen LogP contribution is 2.31. The Morgan fingerprint density at radius 3 is 2.78 bits per heavy atom. The van der Waals surface area contributed by atoms with Gasteiger partial charge in [-0.1, -0.05) is 11.6 Å². The minimum atomic E-state index is -0.903. The molecule has 2 N–H and O–H groups in total. The largest absolute Gasteiger partial charge is 0.491 e. The molecule has 1 saturated heterocycles. The third-order valence-electron chi connectivity index (χ3n) is 5.23. The number of halogens is 1. The van der Waals surface area contributed by atoms with Gasteiger partial charge in [-0.15, -0.1) is 0 Å². The summed E-state index contributed by atoms with van der Waals surface area (Å²) >= 11 is 6.05. The number of benzene rings is 1. The first-order chi connectivity index (χ1) is 12.9.